The van der Waals surface area contributed by atoms with Crippen molar-refractivity contribution < 1.29 is 13.9 Å². The van der Waals surface area contributed by atoms with Crippen LogP contribution in [-0.2, 0) is 0 Å². The number of ether oxygens (including phenoxy) is 2. The minimum Gasteiger partial charge on any atom is -0.486 e. The first kappa shape index (κ1) is 15.6. The van der Waals surface area contributed by atoms with Crippen molar-refractivity contribution in [2.75, 3.05) is 18.5 Å². The van der Waals surface area contributed by atoms with Crippen LogP contribution >= 0.6 is 12.2 Å². The van der Waals surface area contributed by atoms with Gasteiger partial charge in [-0.05, 0) is 49.0 Å². The zero-order valence-electron chi connectivity index (χ0n) is 12.6. The fourth-order valence-corrected chi connectivity index (χ4v) is 2.42. The molecule has 0 unspecified atom stereocenters. The Morgan fingerprint density at radius 1 is 1.26 bits per heavy atom. The SMILES string of the molecule is Cc1ccc(NC(=S)NC[C@H]2COc3ccccc3O2)cc1F. The third-order valence-electron chi connectivity index (χ3n) is 3.49. The quantitative estimate of drug-likeness (QED) is 0.845. The number of thiocarbonyl (C=S) groups is 1. The summed E-state index contributed by atoms with van der Waals surface area (Å²) in [5, 5.41) is 6.42. The van der Waals surface area contributed by atoms with E-state index in [0.29, 0.717) is 29.5 Å². The normalized spacial score (nSPS) is 15.8. The lowest BCUT2D eigenvalue weighted by Gasteiger charge is -2.27. The molecule has 0 amide bonds. The van der Waals surface area contributed by atoms with Crippen molar-refractivity contribution in [2.45, 2.75) is 13.0 Å². The van der Waals surface area contributed by atoms with Gasteiger partial charge in [0.2, 0.25) is 0 Å². The molecular formula is C17H17FN2O2S. The van der Waals surface area contributed by atoms with Crippen molar-refractivity contribution in [1.29, 1.82) is 0 Å². The second-order valence-electron chi connectivity index (χ2n) is 5.30. The number of nitrogens with one attached hydrogen (secondary N) is 2. The van der Waals surface area contributed by atoms with Crippen molar-refractivity contribution in [1.82, 2.24) is 5.32 Å². The highest BCUT2D eigenvalue weighted by molar-refractivity contribution is 7.80. The first-order valence-corrected chi connectivity index (χ1v) is 7.72. The molecule has 120 valence electrons. The fraction of sp³-hybridized carbons (Fsp3) is 0.235. The second kappa shape index (κ2) is 6.83. The highest BCUT2D eigenvalue weighted by Gasteiger charge is 2.20. The Bertz CT molecular complexity index is 723. The Morgan fingerprint density at radius 3 is 2.83 bits per heavy atom. The van der Waals surface area contributed by atoms with Gasteiger partial charge in [0, 0.05) is 5.69 Å². The van der Waals surface area contributed by atoms with E-state index in [-0.39, 0.29) is 11.9 Å². The third-order valence-corrected chi connectivity index (χ3v) is 3.73. The van der Waals surface area contributed by atoms with Gasteiger partial charge in [0.1, 0.15) is 18.5 Å². The van der Waals surface area contributed by atoms with Gasteiger partial charge in [0.25, 0.3) is 0 Å². The molecule has 2 aromatic rings. The summed E-state index contributed by atoms with van der Waals surface area (Å²) in [4.78, 5) is 0. The molecule has 0 bridgehead atoms. The lowest BCUT2D eigenvalue weighted by atomic mass is 10.2. The van der Waals surface area contributed by atoms with Gasteiger partial charge in [-0.15, -0.1) is 0 Å². The smallest absolute Gasteiger partial charge is 0.170 e. The number of fused-ring (bicyclic) bond motifs is 1. The van der Waals surface area contributed by atoms with Crippen LogP contribution in [0.25, 0.3) is 0 Å². The predicted molar refractivity (Wildman–Crippen MR) is 91.7 cm³/mol. The number of halogens is 1. The Kier molecular flexibility index (Phi) is 4.62. The van der Waals surface area contributed by atoms with Crippen molar-refractivity contribution in [2.24, 2.45) is 0 Å². The number of para-hydroxylation sites is 2. The van der Waals surface area contributed by atoms with E-state index in [4.69, 9.17) is 21.7 Å². The van der Waals surface area contributed by atoms with Crippen LogP contribution in [0.5, 0.6) is 11.5 Å². The minimum absolute atomic E-state index is 0.139. The number of anilines is 1. The maximum atomic E-state index is 13.5. The van der Waals surface area contributed by atoms with Gasteiger partial charge in [-0.25, -0.2) is 4.39 Å². The summed E-state index contributed by atoms with van der Waals surface area (Å²) in [6.45, 7) is 2.66. The molecule has 0 fully saturated rings. The van der Waals surface area contributed by atoms with Crippen LogP contribution in [-0.4, -0.2) is 24.4 Å². The second-order valence-corrected chi connectivity index (χ2v) is 5.70. The van der Waals surface area contributed by atoms with E-state index in [9.17, 15) is 4.39 Å². The van der Waals surface area contributed by atoms with Crippen LogP contribution < -0.4 is 20.1 Å². The maximum Gasteiger partial charge on any atom is 0.170 e. The molecule has 0 saturated heterocycles. The van der Waals surface area contributed by atoms with Crippen LogP contribution in [0, 0.1) is 12.7 Å². The fourth-order valence-electron chi connectivity index (χ4n) is 2.22. The van der Waals surface area contributed by atoms with Crippen molar-refractivity contribution >= 4 is 23.0 Å². The molecule has 0 saturated carbocycles. The molecule has 4 nitrogen and oxygen atoms in total. The van der Waals surface area contributed by atoms with E-state index in [0.717, 1.165) is 11.5 Å². The number of hydrogen-bond donors (Lipinski definition) is 2. The van der Waals surface area contributed by atoms with Crippen molar-refractivity contribution in [3.63, 3.8) is 0 Å². The molecule has 1 aliphatic heterocycles. The van der Waals surface area contributed by atoms with Gasteiger partial charge >= 0.3 is 0 Å². The lowest BCUT2D eigenvalue weighted by Crippen LogP contribution is -2.42. The molecule has 1 heterocycles. The molecule has 23 heavy (non-hydrogen) atoms. The number of aryl methyl sites for hydroxylation is 1. The summed E-state index contributed by atoms with van der Waals surface area (Å²) in [7, 11) is 0. The summed E-state index contributed by atoms with van der Waals surface area (Å²) >= 11 is 5.22. The monoisotopic (exact) mass is 332 g/mol. The molecular weight excluding hydrogens is 315 g/mol. The molecule has 0 radical (unpaired) electrons. The van der Waals surface area contributed by atoms with E-state index >= 15 is 0 Å². The van der Waals surface area contributed by atoms with Gasteiger partial charge < -0.3 is 20.1 Å². The standard InChI is InChI=1S/C17H17FN2O2S/c1-11-6-7-12(8-14(11)18)20-17(23)19-9-13-10-21-15-4-2-3-5-16(15)22-13/h2-8,13H,9-10H2,1H3,(H2,19,20,23)/t13-/m0/s1. The first-order chi connectivity index (χ1) is 11.1. The summed E-state index contributed by atoms with van der Waals surface area (Å²) in [6, 6.07) is 12.4. The van der Waals surface area contributed by atoms with Gasteiger partial charge in [-0.2, -0.15) is 0 Å². The first-order valence-electron chi connectivity index (χ1n) is 7.31. The van der Waals surface area contributed by atoms with E-state index in [1.807, 2.05) is 24.3 Å². The van der Waals surface area contributed by atoms with Gasteiger partial charge in [0.05, 0.1) is 6.54 Å². The lowest BCUT2D eigenvalue weighted by molar-refractivity contribution is 0.0939. The Labute approximate surface area is 139 Å². The van der Waals surface area contributed by atoms with Gasteiger partial charge in [-0.3, -0.25) is 0 Å². The Morgan fingerprint density at radius 2 is 2.04 bits per heavy atom. The molecule has 2 aromatic carbocycles. The van der Waals surface area contributed by atoms with Crippen molar-refractivity contribution in [3.8, 4) is 11.5 Å². The summed E-state index contributed by atoms with van der Waals surface area (Å²) in [5.41, 5.74) is 1.21. The molecule has 1 atom stereocenters. The van der Waals surface area contributed by atoms with Crippen LogP contribution in [0.4, 0.5) is 10.1 Å². The zero-order chi connectivity index (χ0) is 16.2. The van der Waals surface area contributed by atoms with Crippen LogP contribution in [0.1, 0.15) is 5.56 Å². The molecule has 1 aliphatic rings. The summed E-state index contributed by atoms with van der Waals surface area (Å²) in [6.07, 6.45) is -0.139. The molecule has 0 aliphatic carbocycles. The number of benzene rings is 2. The molecule has 0 aromatic heterocycles. The molecule has 6 heteroatoms. The molecule has 3 rings (SSSR count). The highest BCUT2D eigenvalue weighted by atomic mass is 32.1. The molecule has 0 spiro atoms. The summed E-state index contributed by atoms with van der Waals surface area (Å²) in [5.74, 6) is 1.21. The minimum atomic E-state index is -0.265. The Hall–Kier alpha value is -2.34. The number of rotatable bonds is 3. The predicted octanol–water partition coefficient (Wildman–Crippen LogP) is 3.26. The third kappa shape index (κ3) is 3.90. The average molecular weight is 332 g/mol. The molecule has 2 N–H and O–H groups in total. The highest BCUT2D eigenvalue weighted by Crippen LogP contribution is 2.30. The zero-order valence-corrected chi connectivity index (χ0v) is 13.5. The van der Waals surface area contributed by atoms with E-state index in [1.165, 1.54) is 6.07 Å². The van der Waals surface area contributed by atoms with Crippen LogP contribution in [0.2, 0.25) is 0 Å². The van der Waals surface area contributed by atoms with E-state index in [1.54, 1.807) is 19.1 Å². The Balaban J connectivity index is 1.51. The largest absolute Gasteiger partial charge is 0.486 e. The van der Waals surface area contributed by atoms with Crippen LogP contribution in [0.15, 0.2) is 42.5 Å². The van der Waals surface area contributed by atoms with Crippen LogP contribution in [0.3, 0.4) is 0 Å². The van der Waals surface area contributed by atoms with Crippen molar-refractivity contribution in [3.05, 3.63) is 53.8 Å². The average Bonchev–Trinajstić information content (AvgIpc) is 2.56. The van der Waals surface area contributed by atoms with Gasteiger partial charge in [0.15, 0.2) is 16.6 Å². The van der Waals surface area contributed by atoms with E-state index in [2.05, 4.69) is 10.6 Å². The summed E-state index contributed by atoms with van der Waals surface area (Å²) < 4.78 is 25.0. The topological polar surface area (TPSA) is 42.5 Å². The maximum absolute atomic E-state index is 13.5. The van der Waals surface area contributed by atoms with E-state index < -0.39 is 0 Å². The van der Waals surface area contributed by atoms with Gasteiger partial charge in [-0.1, -0.05) is 18.2 Å². The number of hydrogen-bond acceptors (Lipinski definition) is 3.